The Hall–Kier alpha value is -5.99. The zero-order valence-corrected chi connectivity index (χ0v) is 31.0. The van der Waals surface area contributed by atoms with Crippen molar-refractivity contribution in [3.8, 4) is 34.1 Å². The highest BCUT2D eigenvalue weighted by molar-refractivity contribution is 7.91. The van der Waals surface area contributed by atoms with Crippen LogP contribution in [0.15, 0.2) is 150 Å². The Balaban J connectivity index is 1.09. The van der Waals surface area contributed by atoms with Crippen LogP contribution in [0.4, 0.5) is 0 Å². The van der Waals surface area contributed by atoms with E-state index in [1.807, 2.05) is 73.5 Å². The molecule has 0 atom stereocenters. The zero-order valence-electron chi connectivity index (χ0n) is 30.2. The summed E-state index contributed by atoms with van der Waals surface area (Å²) in [5, 5.41) is 6.98. The topological polar surface area (TPSA) is 79.0 Å². The highest BCUT2D eigenvalue weighted by atomic mass is 32.2. The first-order chi connectivity index (χ1) is 25.7. The maximum absolute atomic E-state index is 13.3. The van der Waals surface area contributed by atoms with Crippen LogP contribution in [0, 0.1) is 19.8 Å². The van der Waals surface area contributed by atoms with Crippen LogP contribution < -0.4 is 4.74 Å². The first-order valence-corrected chi connectivity index (χ1v) is 19.4. The van der Waals surface area contributed by atoms with E-state index >= 15 is 0 Å². The molecule has 0 aliphatic heterocycles. The van der Waals surface area contributed by atoms with Crippen LogP contribution in [-0.4, -0.2) is 27.7 Å². The Kier molecular flexibility index (Phi) is 8.92. The number of ether oxygens (including phenoxy) is 1. The molecule has 7 nitrogen and oxygen atoms in total. The van der Waals surface area contributed by atoms with Gasteiger partial charge in [0.2, 0.25) is 9.84 Å². The average molecular weight is 717 g/mol. The molecule has 8 rings (SSSR count). The molecule has 264 valence electrons. The molecule has 5 aromatic carbocycles. The number of sulfone groups is 1. The van der Waals surface area contributed by atoms with Gasteiger partial charge in [-0.1, -0.05) is 56.3 Å². The second-order valence-electron chi connectivity index (χ2n) is 14.0. The maximum Gasteiger partial charge on any atom is 0.206 e. The molecule has 0 aliphatic rings. The zero-order chi connectivity index (χ0) is 36.7. The molecule has 0 amide bonds. The number of para-hydroxylation sites is 1. The summed E-state index contributed by atoms with van der Waals surface area (Å²) in [6.45, 7) is 8.39. The largest absolute Gasteiger partial charge is 0.457 e. The van der Waals surface area contributed by atoms with Crippen molar-refractivity contribution < 1.29 is 13.2 Å². The van der Waals surface area contributed by atoms with Crippen LogP contribution >= 0.6 is 0 Å². The molecule has 0 radical (unpaired) electrons. The maximum atomic E-state index is 13.3. The van der Waals surface area contributed by atoms with Gasteiger partial charge in [0.1, 0.15) is 17.3 Å². The minimum Gasteiger partial charge on any atom is -0.457 e. The summed E-state index contributed by atoms with van der Waals surface area (Å²) in [7, 11) is -3.63. The summed E-state index contributed by atoms with van der Waals surface area (Å²) < 4.78 is 37.2. The average Bonchev–Trinajstić information content (AvgIpc) is 3.77. The van der Waals surface area contributed by atoms with E-state index in [0.29, 0.717) is 17.4 Å². The summed E-state index contributed by atoms with van der Waals surface area (Å²) in [5.74, 6) is 2.92. The summed E-state index contributed by atoms with van der Waals surface area (Å²) in [5.41, 5.74) is 7.82. The van der Waals surface area contributed by atoms with Crippen LogP contribution in [0.2, 0.25) is 0 Å². The van der Waals surface area contributed by atoms with Crippen LogP contribution in [0.3, 0.4) is 0 Å². The molecule has 0 unspecified atom stereocenters. The van der Waals surface area contributed by atoms with Crippen LogP contribution in [0.1, 0.15) is 37.0 Å². The Bertz CT molecular complexity index is 2710. The molecule has 3 heterocycles. The molecule has 0 fully saturated rings. The number of hydrogen-bond acceptors (Lipinski definition) is 5. The minimum atomic E-state index is -3.63. The predicted octanol–water partition coefficient (Wildman–Crippen LogP) is 10.9. The van der Waals surface area contributed by atoms with Gasteiger partial charge in [0.15, 0.2) is 0 Å². The van der Waals surface area contributed by atoms with Gasteiger partial charge in [-0.3, -0.25) is 4.57 Å². The van der Waals surface area contributed by atoms with Gasteiger partial charge < -0.3 is 4.74 Å². The molecule has 8 aromatic rings. The van der Waals surface area contributed by atoms with E-state index in [2.05, 4.69) is 72.0 Å². The first-order valence-electron chi connectivity index (χ1n) is 17.9. The number of fused-ring (bicyclic) bond motifs is 3. The van der Waals surface area contributed by atoms with Gasteiger partial charge >= 0.3 is 0 Å². The van der Waals surface area contributed by atoms with E-state index in [1.54, 1.807) is 36.4 Å². The smallest absolute Gasteiger partial charge is 0.206 e. The van der Waals surface area contributed by atoms with Crippen LogP contribution in [0.25, 0.3) is 44.4 Å². The Labute approximate surface area is 310 Å². The summed E-state index contributed by atoms with van der Waals surface area (Å²) in [4.78, 5) is 5.38. The van der Waals surface area contributed by atoms with Crippen LogP contribution in [0.5, 0.6) is 11.5 Å². The lowest BCUT2D eigenvalue weighted by molar-refractivity contribution is 0.483. The second-order valence-corrected chi connectivity index (χ2v) is 16.0. The van der Waals surface area contributed by atoms with E-state index in [0.717, 1.165) is 68.4 Å². The number of aryl methyl sites for hydroxylation is 3. The lowest BCUT2D eigenvalue weighted by Gasteiger charge is -2.12. The Morgan fingerprint density at radius 3 is 2.25 bits per heavy atom. The van der Waals surface area contributed by atoms with E-state index in [9.17, 15) is 8.42 Å². The molecule has 0 bridgehead atoms. The molecular weight excluding hydrogens is 677 g/mol. The van der Waals surface area contributed by atoms with Gasteiger partial charge in [0.05, 0.1) is 32.7 Å². The van der Waals surface area contributed by atoms with Gasteiger partial charge in [-0.2, -0.15) is 5.10 Å². The Morgan fingerprint density at radius 2 is 1.45 bits per heavy atom. The molecule has 8 heteroatoms. The van der Waals surface area contributed by atoms with Crippen molar-refractivity contribution >= 4 is 31.6 Å². The van der Waals surface area contributed by atoms with Crippen molar-refractivity contribution in [1.29, 1.82) is 0 Å². The fourth-order valence-electron chi connectivity index (χ4n) is 7.14. The predicted molar refractivity (Wildman–Crippen MR) is 212 cm³/mol. The highest BCUT2D eigenvalue weighted by Gasteiger charge is 2.21. The fraction of sp³-hybridized carbons (Fsp3) is 0.156. The van der Waals surface area contributed by atoms with Crippen molar-refractivity contribution in [1.82, 2.24) is 19.3 Å². The van der Waals surface area contributed by atoms with E-state index < -0.39 is 9.84 Å². The lowest BCUT2D eigenvalue weighted by Crippen LogP contribution is -2.03. The highest BCUT2D eigenvalue weighted by Crippen LogP contribution is 2.36. The van der Waals surface area contributed by atoms with Crippen molar-refractivity contribution in [3.63, 3.8) is 0 Å². The molecule has 0 aliphatic carbocycles. The van der Waals surface area contributed by atoms with Crippen molar-refractivity contribution in [2.75, 3.05) is 0 Å². The number of aromatic nitrogens is 4. The third-order valence-electron chi connectivity index (χ3n) is 9.75. The van der Waals surface area contributed by atoms with Gasteiger partial charge in [0.25, 0.3) is 0 Å². The van der Waals surface area contributed by atoms with Gasteiger partial charge in [-0.25, -0.2) is 18.1 Å². The molecule has 0 saturated heterocycles. The number of nitrogens with zero attached hydrogens (tertiary/aromatic N) is 4. The summed E-state index contributed by atoms with van der Waals surface area (Å²) >= 11 is 0. The number of pyridine rings is 1. The summed E-state index contributed by atoms with van der Waals surface area (Å²) in [6.07, 6.45) is 7.82. The molecule has 53 heavy (non-hydrogen) atoms. The number of rotatable bonds is 10. The van der Waals surface area contributed by atoms with Gasteiger partial charge in [-0.15, -0.1) is 0 Å². The second kappa shape index (κ2) is 13.9. The lowest BCUT2D eigenvalue weighted by atomic mass is 9.98. The van der Waals surface area contributed by atoms with E-state index in [4.69, 9.17) is 9.72 Å². The number of hydrogen-bond donors (Lipinski definition) is 0. The molecule has 0 N–H and O–H groups in total. The quantitative estimate of drug-likeness (QED) is 0.141. The normalized spacial score (nSPS) is 11.9. The SMILES string of the molecule is Cc1cc(S(=O)(=O)c2ccccc2)cc(C)c1-c1cnn(-c2cccc(Oc3ccc4c5ccccc5n(-c5cc(CCC(C)C)ccn5)c4c3)c2)c1. The van der Waals surface area contributed by atoms with Crippen molar-refractivity contribution in [2.45, 2.75) is 50.3 Å². The third kappa shape index (κ3) is 6.62. The molecule has 0 saturated carbocycles. The minimum absolute atomic E-state index is 0.281. The van der Waals surface area contributed by atoms with Crippen molar-refractivity contribution in [3.05, 3.63) is 157 Å². The molecule has 0 spiro atoms. The van der Waals surface area contributed by atoms with Crippen LogP contribution in [-0.2, 0) is 16.3 Å². The van der Waals surface area contributed by atoms with Crippen molar-refractivity contribution in [2.24, 2.45) is 5.92 Å². The molecular formula is C45H40N4O3S. The standard InChI is InChI=1S/C45H40N4O3S/c1-30(2)17-18-33-21-22-46-44(25-33)49-42-16-9-8-15-40(42)41-20-19-37(27-43(41)49)52-36-12-10-11-35(26-36)48-29-34(28-47-48)45-31(3)23-39(24-32(45)4)53(50,51)38-13-6-5-7-14-38/h5-16,19-30H,17-18H2,1-4H3. The van der Waals surface area contributed by atoms with E-state index in [1.165, 1.54) is 5.56 Å². The molecule has 3 aromatic heterocycles. The van der Waals surface area contributed by atoms with E-state index in [-0.39, 0.29) is 9.79 Å². The van der Waals surface area contributed by atoms with Gasteiger partial charge in [0, 0.05) is 40.9 Å². The fourth-order valence-corrected chi connectivity index (χ4v) is 8.59. The monoisotopic (exact) mass is 716 g/mol. The first kappa shape index (κ1) is 34.1. The number of benzene rings is 5. The van der Waals surface area contributed by atoms with Gasteiger partial charge in [-0.05, 0) is 122 Å². The Morgan fingerprint density at radius 1 is 0.717 bits per heavy atom. The third-order valence-corrected chi connectivity index (χ3v) is 11.5. The summed E-state index contributed by atoms with van der Waals surface area (Å²) in [6, 6.07) is 38.8.